The Kier molecular flexibility index (Phi) is 8.13. The minimum absolute atomic E-state index is 0.0250. The Morgan fingerprint density at radius 3 is 2.48 bits per heavy atom. The third-order valence-electron chi connectivity index (χ3n) is 6.84. The van der Waals surface area contributed by atoms with Crippen molar-refractivity contribution >= 4 is 5.91 Å². The van der Waals surface area contributed by atoms with Gasteiger partial charge in [0.1, 0.15) is 36.6 Å². The van der Waals surface area contributed by atoms with Crippen LogP contribution in [0.25, 0.3) is 0 Å². The van der Waals surface area contributed by atoms with E-state index in [1.807, 2.05) is 4.90 Å². The van der Waals surface area contributed by atoms with Crippen LogP contribution in [0.1, 0.15) is 30.1 Å². The number of hydrogen-bond acceptors (Lipinski definition) is 6. The number of carbonyl (C=O) groups is 1. The number of ether oxygens (including phenoxy) is 3. The van der Waals surface area contributed by atoms with Crippen LogP contribution in [0.5, 0.6) is 23.0 Å². The highest BCUT2D eigenvalue weighted by atomic mass is 19.3. The average Bonchev–Trinajstić information content (AvgIpc) is 3.47. The summed E-state index contributed by atoms with van der Waals surface area (Å²) in [6.45, 7) is 1.79. The molecule has 0 spiro atoms. The van der Waals surface area contributed by atoms with Crippen molar-refractivity contribution < 1.29 is 41.7 Å². The lowest BCUT2D eigenvalue weighted by Crippen LogP contribution is -2.51. The largest absolute Gasteiger partial charge is 0.486 e. The number of hydrogen-bond donors (Lipinski definition) is 2. The summed E-state index contributed by atoms with van der Waals surface area (Å²) in [4.78, 5) is 14.9. The van der Waals surface area contributed by atoms with Crippen molar-refractivity contribution in [1.29, 1.82) is 0 Å². The van der Waals surface area contributed by atoms with E-state index >= 15 is 8.78 Å². The van der Waals surface area contributed by atoms with Gasteiger partial charge in [-0.05, 0) is 80.0 Å². The molecule has 2 aliphatic heterocycles. The molecule has 0 saturated carbocycles. The predicted octanol–water partition coefficient (Wildman–Crippen LogP) is 4.93. The van der Waals surface area contributed by atoms with Gasteiger partial charge < -0.3 is 29.5 Å². The van der Waals surface area contributed by atoms with E-state index in [-0.39, 0.29) is 48.3 Å². The molecule has 7 nitrogen and oxygen atoms in total. The van der Waals surface area contributed by atoms with E-state index in [9.17, 15) is 18.7 Å². The summed E-state index contributed by atoms with van der Waals surface area (Å²) >= 11 is 0. The predicted molar refractivity (Wildman–Crippen MR) is 137 cm³/mol. The highest BCUT2D eigenvalue weighted by molar-refractivity contribution is 5.85. The van der Waals surface area contributed by atoms with Gasteiger partial charge in [-0.15, -0.1) is 0 Å². The third-order valence-corrected chi connectivity index (χ3v) is 6.84. The van der Waals surface area contributed by atoms with Crippen LogP contribution in [0.15, 0.2) is 60.7 Å². The van der Waals surface area contributed by atoms with Gasteiger partial charge >= 0.3 is 5.92 Å². The van der Waals surface area contributed by atoms with Crippen LogP contribution in [-0.4, -0.2) is 54.8 Å². The number of halogens is 4. The van der Waals surface area contributed by atoms with Crippen LogP contribution in [0.3, 0.4) is 0 Å². The molecule has 0 aromatic heterocycles. The molecule has 0 unspecified atom stereocenters. The quantitative estimate of drug-likeness (QED) is 0.361. The number of nitrogens with zero attached hydrogens (tertiary/aromatic N) is 1. The lowest BCUT2D eigenvalue weighted by atomic mass is 9.99. The first-order chi connectivity index (χ1) is 19.2. The molecule has 40 heavy (non-hydrogen) atoms. The van der Waals surface area contributed by atoms with Gasteiger partial charge in [-0.3, -0.25) is 4.79 Å². The molecule has 2 atom stereocenters. The minimum Gasteiger partial charge on any atom is -0.486 e. The Labute approximate surface area is 228 Å². The molecule has 1 fully saturated rings. The molecule has 3 aromatic rings. The smallest absolute Gasteiger partial charge is 0.349 e. The molecule has 5 rings (SSSR count). The summed E-state index contributed by atoms with van der Waals surface area (Å²) in [7, 11) is 0. The zero-order chi connectivity index (χ0) is 28.3. The van der Waals surface area contributed by atoms with Crippen molar-refractivity contribution in [2.45, 2.75) is 30.9 Å². The molecule has 212 valence electrons. The molecule has 0 aliphatic carbocycles. The number of aliphatic hydroxyl groups is 1. The number of nitrogens with one attached hydrogen (secondary N) is 1. The molecule has 2 heterocycles. The summed E-state index contributed by atoms with van der Waals surface area (Å²) in [6.07, 6.45) is 0.276. The minimum atomic E-state index is -4.00. The summed E-state index contributed by atoms with van der Waals surface area (Å²) in [6, 6.07) is 11.1. The second-order valence-electron chi connectivity index (χ2n) is 9.72. The fourth-order valence-corrected chi connectivity index (χ4v) is 4.79. The maximum atomic E-state index is 15.4. The molecule has 0 bridgehead atoms. The highest BCUT2D eigenvalue weighted by Crippen LogP contribution is 2.37. The molecule has 3 aromatic carbocycles. The molecular formula is C29H28F4N2O5. The Hall–Kier alpha value is -3.83. The molecular weight excluding hydrogens is 532 g/mol. The topological polar surface area (TPSA) is 80.3 Å². The SMILES string of the molecule is O=C(N[C@H](CN1CCCC1)[C@H](O)c1cc(F)c2c(c1)OCCO2)C(F)(F)c1cccc(Oc2ccc(F)cc2)c1. The zero-order valence-corrected chi connectivity index (χ0v) is 21.4. The fourth-order valence-electron chi connectivity index (χ4n) is 4.79. The zero-order valence-electron chi connectivity index (χ0n) is 21.4. The van der Waals surface area contributed by atoms with Crippen LogP contribution >= 0.6 is 0 Å². The number of amides is 1. The van der Waals surface area contributed by atoms with E-state index in [2.05, 4.69) is 5.32 Å². The normalized spacial score (nSPS) is 16.8. The van der Waals surface area contributed by atoms with Gasteiger partial charge in [0.25, 0.3) is 5.91 Å². The van der Waals surface area contributed by atoms with Crippen molar-refractivity contribution in [3.8, 4) is 23.0 Å². The van der Waals surface area contributed by atoms with E-state index in [1.165, 1.54) is 42.5 Å². The first-order valence-electron chi connectivity index (χ1n) is 12.9. The second-order valence-corrected chi connectivity index (χ2v) is 9.72. The number of benzene rings is 3. The summed E-state index contributed by atoms with van der Waals surface area (Å²) in [5, 5.41) is 13.5. The number of fused-ring (bicyclic) bond motifs is 1. The standard InChI is InChI=1S/C29H28F4N2O5/c30-20-6-8-21(9-7-20)40-22-5-3-4-19(16-22)29(32,33)28(37)34-24(17-35-10-1-2-11-35)26(36)18-14-23(31)27-25(15-18)38-12-13-39-27/h3-9,14-16,24,26,36H,1-2,10-13,17H2,(H,34,37)/t24-,26-/m1/s1. The van der Waals surface area contributed by atoms with Gasteiger partial charge in [-0.2, -0.15) is 8.78 Å². The van der Waals surface area contributed by atoms with Crippen LogP contribution in [0, 0.1) is 11.6 Å². The van der Waals surface area contributed by atoms with Crippen molar-refractivity contribution in [2.24, 2.45) is 0 Å². The molecule has 11 heteroatoms. The van der Waals surface area contributed by atoms with E-state index < -0.39 is 41.2 Å². The Bertz CT molecular complexity index is 1350. The number of carbonyl (C=O) groups excluding carboxylic acids is 1. The highest BCUT2D eigenvalue weighted by Gasteiger charge is 2.43. The van der Waals surface area contributed by atoms with Crippen molar-refractivity contribution in [2.75, 3.05) is 32.8 Å². The number of rotatable bonds is 9. The van der Waals surface area contributed by atoms with Gasteiger partial charge in [0, 0.05) is 12.1 Å². The van der Waals surface area contributed by atoms with Gasteiger partial charge in [0.05, 0.1) is 6.04 Å². The van der Waals surface area contributed by atoms with E-state index in [1.54, 1.807) is 0 Å². The lowest BCUT2D eigenvalue weighted by molar-refractivity contribution is -0.149. The molecule has 2 aliphatic rings. The van der Waals surface area contributed by atoms with E-state index in [4.69, 9.17) is 14.2 Å². The summed E-state index contributed by atoms with van der Waals surface area (Å²) < 4.78 is 75.0. The Morgan fingerprint density at radius 2 is 1.73 bits per heavy atom. The van der Waals surface area contributed by atoms with E-state index in [0.717, 1.165) is 31.0 Å². The maximum Gasteiger partial charge on any atom is 0.349 e. The van der Waals surface area contributed by atoms with Crippen LogP contribution in [-0.2, 0) is 10.7 Å². The molecule has 2 N–H and O–H groups in total. The van der Waals surface area contributed by atoms with Crippen molar-refractivity contribution in [1.82, 2.24) is 10.2 Å². The summed E-state index contributed by atoms with van der Waals surface area (Å²) in [5.41, 5.74) is -0.575. The monoisotopic (exact) mass is 560 g/mol. The lowest BCUT2D eigenvalue weighted by Gasteiger charge is -2.30. The maximum absolute atomic E-state index is 15.4. The fraction of sp³-hybridized carbons (Fsp3) is 0.345. The van der Waals surface area contributed by atoms with Crippen molar-refractivity contribution in [3.05, 3.63) is 83.4 Å². The van der Waals surface area contributed by atoms with Crippen LogP contribution in [0.4, 0.5) is 17.6 Å². The van der Waals surface area contributed by atoms with Crippen LogP contribution < -0.4 is 19.5 Å². The first kappa shape index (κ1) is 27.7. The van der Waals surface area contributed by atoms with Gasteiger partial charge in [0.15, 0.2) is 17.3 Å². The second kappa shape index (κ2) is 11.7. The summed E-state index contributed by atoms with van der Waals surface area (Å²) in [5.74, 6) is -6.61. The van der Waals surface area contributed by atoms with Crippen LogP contribution in [0.2, 0.25) is 0 Å². The molecule has 0 radical (unpaired) electrons. The first-order valence-corrected chi connectivity index (χ1v) is 12.9. The van der Waals surface area contributed by atoms with Crippen molar-refractivity contribution in [3.63, 3.8) is 0 Å². The van der Waals surface area contributed by atoms with Gasteiger partial charge in [-0.25, -0.2) is 8.78 Å². The number of likely N-dealkylation sites (tertiary alicyclic amines) is 1. The molecule has 1 saturated heterocycles. The number of alkyl halides is 2. The van der Waals surface area contributed by atoms with E-state index in [0.29, 0.717) is 13.1 Å². The number of aliphatic hydroxyl groups excluding tert-OH is 1. The van der Waals surface area contributed by atoms with Gasteiger partial charge in [0.2, 0.25) is 0 Å². The average molecular weight is 561 g/mol. The Balaban J connectivity index is 1.36. The van der Waals surface area contributed by atoms with Gasteiger partial charge in [-0.1, -0.05) is 12.1 Å². The third kappa shape index (κ3) is 6.15. The Morgan fingerprint density at radius 1 is 1.00 bits per heavy atom. The molecule has 1 amide bonds.